The third-order valence-corrected chi connectivity index (χ3v) is 4.72. The zero-order valence-electron chi connectivity index (χ0n) is 10.5. The Balaban J connectivity index is 2.41. The van der Waals surface area contributed by atoms with Gasteiger partial charge in [0.1, 0.15) is 19.6 Å². The van der Waals surface area contributed by atoms with Crippen LogP contribution in [0.25, 0.3) is 5.57 Å². The van der Waals surface area contributed by atoms with Gasteiger partial charge < -0.3 is 9.52 Å². The molecule has 1 N–H and O–H groups in total. The summed E-state index contributed by atoms with van der Waals surface area (Å²) in [5.41, 5.74) is 0.390. The van der Waals surface area contributed by atoms with Crippen molar-refractivity contribution in [2.24, 2.45) is 0 Å². The summed E-state index contributed by atoms with van der Waals surface area (Å²) < 4.78 is 5.75. The number of aliphatic hydroxyl groups excluding tert-OH is 1. The molecule has 0 radical (unpaired) electrons. The number of carbonyl (C=O) groups is 1. The normalized spacial score (nSPS) is 17.7. The molecule has 0 fully saturated rings. The molecular formula is C13H18O3Si. The Labute approximate surface area is 102 Å². The minimum atomic E-state index is -1.50. The van der Waals surface area contributed by atoms with E-state index in [2.05, 4.69) is 19.6 Å². The maximum atomic E-state index is 11.8. The van der Waals surface area contributed by atoms with E-state index in [0.717, 1.165) is 11.8 Å². The van der Waals surface area contributed by atoms with Crippen LogP contribution in [0.2, 0.25) is 19.6 Å². The quantitative estimate of drug-likeness (QED) is 0.821. The highest BCUT2D eigenvalue weighted by Gasteiger charge is 2.27. The lowest BCUT2D eigenvalue weighted by Crippen LogP contribution is -2.36. The van der Waals surface area contributed by atoms with Crippen LogP contribution in [0.5, 0.6) is 0 Å². The van der Waals surface area contributed by atoms with Gasteiger partial charge in [-0.25, -0.2) is 0 Å². The Bertz CT molecular complexity index is 477. The third-order valence-electron chi connectivity index (χ3n) is 2.98. The predicted octanol–water partition coefficient (Wildman–Crippen LogP) is 2.85. The first-order valence-electron chi connectivity index (χ1n) is 5.95. The van der Waals surface area contributed by atoms with Crippen molar-refractivity contribution in [3.63, 3.8) is 0 Å². The molecule has 0 spiro atoms. The van der Waals surface area contributed by atoms with Crippen LogP contribution < -0.4 is 5.38 Å². The Morgan fingerprint density at radius 1 is 1.24 bits per heavy atom. The van der Waals surface area contributed by atoms with Gasteiger partial charge in [0, 0.05) is 12.8 Å². The largest absolute Gasteiger partial charge is 0.511 e. The lowest BCUT2D eigenvalue weighted by molar-refractivity contribution is -0.114. The number of ketones is 1. The van der Waals surface area contributed by atoms with Crippen molar-refractivity contribution >= 4 is 24.8 Å². The molecule has 0 saturated heterocycles. The van der Waals surface area contributed by atoms with E-state index in [1.807, 2.05) is 12.1 Å². The topological polar surface area (TPSA) is 50.4 Å². The van der Waals surface area contributed by atoms with Crippen molar-refractivity contribution in [1.29, 1.82) is 0 Å². The van der Waals surface area contributed by atoms with E-state index >= 15 is 0 Å². The number of hydrogen-bond donors (Lipinski definition) is 1. The predicted molar refractivity (Wildman–Crippen MR) is 70.1 cm³/mol. The standard InChI is InChI=1S/C13H18O3Si/c1-17(2,3)12-8-7-11(16-12)13-9(14)5-4-6-10(13)15/h7-8,14H,4-6H2,1-3H3. The van der Waals surface area contributed by atoms with Crippen molar-refractivity contribution in [3.05, 3.63) is 23.7 Å². The van der Waals surface area contributed by atoms with Crippen molar-refractivity contribution in [2.45, 2.75) is 38.9 Å². The maximum Gasteiger partial charge on any atom is 0.170 e. The molecule has 0 bridgehead atoms. The summed E-state index contributed by atoms with van der Waals surface area (Å²) in [6.45, 7) is 6.56. The minimum absolute atomic E-state index is 0.00905. The average Bonchev–Trinajstić information content (AvgIpc) is 2.65. The van der Waals surface area contributed by atoms with Crippen molar-refractivity contribution in [3.8, 4) is 0 Å². The van der Waals surface area contributed by atoms with E-state index in [9.17, 15) is 9.90 Å². The minimum Gasteiger partial charge on any atom is -0.511 e. The first-order valence-corrected chi connectivity index (χ1v) is 9.45. The van der Waals surface area contributed by atoms with Gasteiger partial charge in [-0.3, -0.25) is 4.79 Å². The van der Waals surface area contributed by atoms with Crippen LogP contribution in [0.15, 0.2) is 22.3 Å². The van der Waals surface area contributed by atoms with Crippen LogP contribution in [0.1, 0.15) is 25.0 Å². The molecule has 0 aliphatic heterocycles. The van der Waals surface area contributed by atoms with E-state index in [-0.39, 0.29) is 11.5 Å². The monoisotopic (exact) mass is 250 g/mol. The van der Waals surface area contributed by atoms with Gasteiger partial charge in [-0.1, -0.05) is 19.6 Å². The van der Waals surface area contributed by atoms with Crippen molar-refractivity contribution < 1.29 is 14.3 Å². The summed E-state index contributed by atoms with van der Waals surface area (Å²) in [5, 5.41) is 10.8. The maximum absolute atomic E-state index is 11.8. The Morgan fingerprint density at radius 2 is 1.94 bits per heavy atom. The van der Waals surface area contributed by atoms with E-state index in [0.29, 0.717) is 24.2 Å². The molecule has 1 aliphatic carbocycles. The van der Waals surface area contributed by atoms with E-state index < -0.39 is 8.07 Å². The molecule has 0 atom stereocenters. The average molecular weight is 250 g/mol. The van der Waals surface area contributed by atoms with Gasteiger partial charge in [0.05, 0.1) is 11.0 Å². The Morgan fingerprint density at radius 3 is 2.47 bits per heavy atom. The van der Waals surface area contributed by atoms with Crippen LogP contribution >= 0.6 is 0 Å². The van der Waals surface area contributed by atoms with Gasteiger partial charge in [-0.15, -0.1) is 0 Å². The van der Waals surface area contributed by atoms with Crippen LogP contribution in [-0.4, -0.2) is 19.0 Å². The lowest BCUT2D eigenvalue weighted by Gasteiger charge is -2.14. The highest BCUT2D eigenvalue weighted by atomic mass is 28.3. The number of Topliss-reactive ketones (excluding diaryl/α,β-unsaturated/α-hetero) is 1. The van der Waals surface area contributed by atoms with Crippen LogP contribution in [-0.2, 0) is 4.79 Å². The molecule has 17 heavy (non-hydrogen) atoms. The number of hydrogen-bond acceptors (Lipinski definition) is 3. The van der Waals surface area contributed by atoms with Gasteiger partial charge in [-0.05, 0) is 18.6 Å². The van der Waals surface area contributed by atoms with Crippen molar-refractivity contribution in [1.82, 2.24) is 0 Å². The first-order chi connectivity index (χ1) is 7.89. The molecule has 3 nitrogen and oxygen atoms in total. The van der Waals surface area contributed by atoms with E-state index in [4.69, 9.17) is 4.42 Å². The van der Waals surface area contributed by atoms with E-state index in [1.165, 1.54) is 0 Å². The van der Waals surface area contributed by atoms with Crippen LogP contribution in [0.3, 0.4) is 0 Å². The number of allylic oxidation sites excluding steroid dienone is 2. The highest BCUT2D eigenvalue weighted by molar-refractivity contribution is 6.87. The van der Waals surface area contributed by atoms with Crippen LogP contribution in [0.4, 0.5) is 0 Å². The molecule has 0 aromatic carbocycles. The van der Waals surface area contributed by atoms with Gasteiger partial charge in [0.25, 0.3) is 0 Å². The molecule has 1 aliphatic rings. The molecular weight excluding hydrogens is 232 g/mol. The zero-order valence-corrected chi connectivity index (χ0v) is 11.5. The Hall–Kier alpha value is -1.29. The molecule has 1 heterocycles. The first kappa shape index (κ1) is 12.2. The fraction of sp³-hybridized carbons (Fsp3) is 0.462. The highest BCUT2D eigenvalue weighted by Crippen LogP contribution is 2.28. The molecule has 1 aromatic heterocycles. The second kappa shape index (κ2) is 4.18. The molecule has 0 saturated carbocycles. The lowest BCUT2D eigenvalue weighted by atomic mass is 9.95. The summed E-state index contributed by atoms with van der Waals surface area (Å²) in [7, 11) is -1.50. The molecule has 1 aromatic rings. The Kier molecular flexibility index (Phi) is 2.99. The number of aliphatic hydroxyl groups is 1. The molecule has 0 amide bonds. The van der Waals surface area contributed by atoms with E-state index in [1.54, 1.807) is 0 Å². The van der Waals surface area contributed by atoms with Gasteiger partial charge in [0.15, 0.2) is 5.78 Å². The molecule has 0 unspecified atom stereocenters. The molecule has 92 valence electrons. The summed E-state index contributed by atoms with van der Waals surface area (Å²) in [5.74, 6) is 0.701. The summed E-state index contributed by atoms with van der Waals surface area (Å²) in [6, 6.07) is 3.74. The number of carbonyl (C=O) groups excluding carboxylic acids is 1. The second-order valence-corrected chi connectivity index (χ2v) is 10.5. The second-order valence-electron chi connectivity index (χ2n) is 5.51. The zero-order chi connectivity index (χ0) is 12.6. The molecule has 4 heteroatoms. The summed E-state index contributed by atoms with van der Waals surface area (Å²) in [4.78, 5) is 11.8. The van der Waals surface area contributed by atoms with Crippen LogP contribution in [0, 0.1) is 0 Å². The number of furan rings is 1. The fourth-order valence-corrected chi connectivity index (χ4v) is 2.98. The summed E-state index contributed by atoms with van der Waals surface area (Å²) >= 11 is 0. The molecule has 2 rings (SSSR count). The van der Waals surface area contributed by atoms with Gasteiger partial charge >= 0.3 is 0 Å². The van der Waals surface area contributed by atoms with Gasteiger partial charge in [-0.2, -0.15) is 0 Å². The number of rotatable bonds is 2. The summed E-state index contributed by atoms with van der Waals surface area (Å²) in [6.07, 6.45) is 1.81. The smallest absolute Gasteiger partial charge is 0.170 e. The van der Waals surface area contributed by atoms with Crippen molar-refractivity contribution in [2.75, 3.05) is 0 Å². The van der Waals surface area contributed by atoms with Gasteiger partial charge in [0.2, 0.25) is 0 Å². The fourth-order valence-electron chi connectivity index (χ4n) is 1.98. The SMILES string of the molecule is C[Si](C)(C)c1ccc(C2=C(O)CCCC2=O)o1. The third kappa shape index (κ3) is 2.36.